The van der Waals surface area contributed by atoms with E-state index in [-0.39, 0.29) is 0 Å². The van der Waals surface area contributed by atoms with E-state index in [1.165, 1.54) is 35.1 Å². The minimum atomic E-state index is 0.771. The highest BCUT2D eigenvalue weighted by atomic mass is 15.3. The molecule has 2 aromatic heterocycles. The third-order valence-electron chi connectivity index (χ3n) is 4.29. The molecule has 0 radical (unpaired) electrons. The Labute approximate surface area is 123 Å². The first-order chi connectivity index (χ1) is 10.3. The molecule has 5 nitrogen and oxygen atoms in total. The topological polar surface area (TPSA) is 49.7 Å². The molecule has 1 saturated heterocycles. The second-order valence-corrected chi connectivity index (χ2v) is 6.08. The molecule has 0 aliphatic carbocycles. The van der Waals surface area contributed by atoms with Crippen LogP contribution in [0.25, 0.3) is 10.9 Å². The normalized spacial score (nSPS) is 16.4. The monoisotopic (exact) mass is 281 g/mol. The van der Waals surface area contributed by atoms with E-state index in [2.05, 4.69) is 51.4 Å². The van der Waals surface area contributed by atoms with Gasteiger partial charge in [-0.15, -0.1) is 0 Å². The van der Waals surface area contributed by atoms with Crippen molar-refractivity contribution in [3.8, 4) is 0 Å². The fraction of sp³-hybridized carbons (Fsp3) is 0.375. The predicted molar refractivity (Wildman–Crippen MR) is 82.1 cm³/mol. The molecule has 5 heteroatoms. The van der Waals surface area contributed by atoms with Gasteiger partial charge in [0, 0.05) is 30.2 Å². The first kappa shape index (κ1) is 12.6. The number of H-pyrrole nitrogens is 1. The summed E-state index contributed by atoms with van der Waals surface area (Å²) in [6.45, 7) is 3.20. The number of aromatic nitrogens is 4. The lowest BCUT2D eigenvalue weighted by molar-refractivity contribution is 0.135. The van der Waals surface area contributed by atoms with Crippen LogP contribution in [-0.2, 0) is 13.0 Å². The Hall–Kier alpha value is -2.14. The van der Waals surface area contributed by atoms with Gasteiger partial charge in [-0.3, -0.25) is 0 Å². The lowest BCUT2D eigenvalue weighted by Gasteiger charge is -2.36. The second kappa shape index (κ2) is 5.00. The van der Waals surface area contributed by atoms with Crippen LogP contribution in [0.4, 0.5) is 0 Å². The highest BCUT2D eigenvalue weighted by molar-refractivity contribution is 5.84. The number of nitrogens with one attached hydrogen (secondary N) is 1. The lowest BCUT2D eigenvalue weighted by atomic mass is 9.92. The maximum Gasteiger partial charge on any atom is 0.137 e. The van der Waals surface area contributed by atoms with Crippen LogP contribution in [0.15, 0.2) is 37.1 Å². The van der Waals surface area contributed by atoms with Gasteiger partial charge in [0.2, 0.25) is 0 Å². The molecule has 4 rings (SSSR count). The van der Waals surface area contributed by atoms with E-state index in [1.54, 1.807) is 12.7 Å². The number of benzene rings is 1. The van der Waals surface area contributed by atoms with Gasteiger partial charge in [-0.25, -0.2) is 9.67 Å². The van der Waals surface area contributed by atoms with Crippen LogP contribution in [0.1, 0.15) is 11.1 Å². The van der Waals surface area contributed by atoms with E-state index >= 15 is 0 Å². The number of aromatic amines is 1. The third kappa shape index (κ3) is 2.45. The van der Waals surface area contributed by atoms with Crippen LogP contribution in [0.3, 0.4) is 0 Å². The van der Waals surface area contributed by atoms with Crippen molar-refractivity contribution < 1.29 is 0 Å². The predicted octanol–water partition coefficient (Wildman–Crippen LogP) is 1.91. The SMILES string of the molecule is CN1CC(Cc2c[nH]c3ccc(Cn4cncn4)cc23)C1. The van der Waals surface area contributed by atoms with Gasteiger partial charge in [0.25, 0.3) is 0 Å². The quantitative estimate of drug-likeness (QED) is 0.795. The molecule has 3 heterocycles. The largest absolute Gasteiger partial charge is 0.361 e. The molecule has 0 amide bonds. The first-order valence-corrected chi connectivity index (χ1v) is 7.38. The Balaban J connectivity index is 1.59. The van der Waals surface area contributed by atoms with Crippen LogP contribution >= 0.6 is 0 Å². The zero-order valence-corrected chi connectivity index (χ0v) is 12.2. The van der Waals surface area contributed by atoms with E-state index < -0.39 is 0 Å². The zero-order valence-electron chi connectivity index (χ0n) is 12.2. The summed E-state index contributed by atoms with van der Waals surface area (Å²) in [5.41, 5.74) is 3.92. The van der Waals surface area contributed by atoms with E-state index in [0.29, 0.717) is 0 Å². The molecule has 1 fully saturated rings. The van der Waals surface area contributed by atoms with Gasteiger partial charge < -0.3 is 9.88 Å². The Morgan fingerprint density at radius 1 is 1.33 bits per heavy atom. The van der Waals surface area contributed by atoms with Crippen molar-refractivity contribution in [3.63, 3.8) is 0 Å². The minimum absolute atomic E-state index is 0.771. The van der Waals surface area contributed by atoms with Gasteiger partial charge in [-0.1, -0.05) is 6.07 Å². The number of rotatable bonds is 4. The maximum absolute atomic E-state index is 4.17. The van der Waals surface area contributed by atoms with E-state index in [4.69, 9.17) is 0 Å². The Morgan fingerprint density at radius 3 is 3.00 bits per heavy atom. The highest BCUT2D eigenvalue weighted by Crippen LogP contribution is 2.25. The highest BCUT2D eigenvalue weighted by Gasteiger charge is 2.24. The molecule has 0 atom stereocenters. The summed E-state index contributed by atoms with van der Waals surface area (Å²) in [6.07, 6.45) is 6.67. The summed E-state index contributed by atoms with van der Waals surface area (Å²) >= 11 is 0. The Kier molecular flexibility index (Phi) is 3.00. The molecule has 0 bridgehead atoms. The van der Waals surface area contributed by atoms with Crippen LogP contribution < -0.4 is 0 Å². The first-order valence-electron chi connectivity index (χ1n) is 7.38. The maximum atomic E-state index is 4.17. The summed E-state index contributed by atoms with van der Waals surface area (Å²) in [5.74, 6) is 0.799. The van der Waals surface area contributed by atoms with Crippen LogP contribution in [0.2, 0.25) is 0 Å². The van der Waals surface area contributed by atoms with Gasteiger partial charge in [-0.2, -0.15) is 5.10 Å². The summed E-state index contributed by atoms with van der Waals surface area (Å²) in [7, 11) is 2.18. The van der Waals surface area contributed by atoms with Crippen LogP contribution in [0.5, 0.6) is 0 Å². The van der Waals surface area contributed by atoms with Crippen LogP contribution in [0, 0.1) is 5.92 Å². The smallest absolute Gasteiger partial charge is 0.137 e. The molecule has 1 aromatic carbocycles. The van der Waals surface area contributed by atoms with Crippen molar-refractivity contribution in [2.45, 2.75) is 13.0 Å². The number of hydrogen-bond donors (Lipinski definition) is 1. The number of fused-ring (bicyclic) bond motifs is 1. The van der Waals surface area contributed by atoms with Crippen LogP contribution in [-0.4, -0.2) is 44.8 Å². The molecule has 3 aromatic rings. The van der Waals surface area contributed by atoms with Gasteiger partial charge in [0.15, 0.2) is 0 Å². The Bertz CT molecular complexity index is 737. The van der Waals surface area contributed by atoms with Crippen molar-refractivity contribution in [1.29, 1.82) is 0 Å². The van der Waals surface area contributed by atoms with E-state index in [1.807, 2.05) is 4.68 Å². The fourth-order valence-electron chi connectivity index (χ4n) is 3.26. The summed E-state index contributed by atoms with van der Waals surface area (Å²) in [6, 6.07) is 6.60. The molecule has 1 N–H and O–H groups in total. The average molecular weight is 281 g/mol. The van der Waals surface area contributed by atoms with Crippen molar-refractivity contribution in [2.75, 3.05) is 20.1 Å². The van der Waals surface area contributed by atoms with Crippen molar-refractivity contribution >= 4 is 10.9 Å². The van der Waals surface area contributed by atoms with Gasteiger partial charge in [0.05, 0.1) is 6.54 Å². The molecule has 0 saturated carbocycles. The summed E-state index contributed by atoms with van der Waals surface area (Å²) in [4.78, 5) is 9.76. The van der Waals surface area contributed by atoms with Crippen molar-refractivity contribution in [2.24, 2.45) is 5.92 Å². The fourth-order valence-corrected chi connectivity index (χ4v) is 3.26. The lowest BCUT2D eigenvalue weighted by Crippen LogP contribution is -2.44. The minimum Gasteiger partial charge on any atom is -0.361 e. The molecule has 21 heavy (non-hydrogen) atoms. The molecule has 108 valence electrons. The van der Waals surface area contributed by atoms with Gasteiger partial charge in [0.1, 0.15) is 12.7 Å². The molecule has 1 aliphatic heterocycles. The number of nitrogens with zero attached hydrogens (tertiary/aromatic N) is 4. The zero-order chi connectivity index (χ0) is 14.2. The van der Waals surface area contributed by atoms with Gasteiger partial charge in [-0.05, 0) is 42.6 Å². The molecular weight excluding hydrogens is 262 g/mol. The Morgan fingerprint density at radius 2 is 2.24 bits per heavy atom. The number of hydrogen-bond acceptors (Lipinski definition) is 3. The second-order valence-electron chi connectivity index (χ2n) is 6.08. The molecule has 1 aliphatic rings. The molecule has 0 spiro atoms. The van der Waals surface area contributed by atoms with Gasteiger partial charge >= 0.3 is 0 Å². The van der Waals surface area contributed by atoms with Crippen molar-refractivity contribution in [1.82, 2.24) is 24.6 Å². The standard InChI is InChI=1S/C16H19N5/c1-20-7-13(8-20)4-14-6-18-16-3-2-12(5-15(14)16)9-21-11-17-10-19-21/h2-3,5-6,10-11,13,18H,4,7-9H2,1H3. The summed E-state index contributed by atoms with van der Waals surface area (Å²) in [5, 5.41) is 5.52. The number of likely N-dealkylation sites (tertiary alicyclic amines) is 1. The van der Waals surface area contributed by atoms with E-state index in [9.17, 15) is 0 Å². The van der Waals surface area contributed by atoms with Crippen molar-refractivity contribution in [3.05, 3.63) is 48.2 Å². The third-order valence-corrected chi connectivity index (χ3v) is 4.29. The molecular formula is C16H19N5. The van der Waals surface area contributed by atoms with E-state index in [0.717, 1.165) is 18.9 Å². The summed E-state index contributed by atoms with van der Waals surface area (Å²) < 4.78 is 1.86. The average Bonchev–Trinajstić information content (AvgIpc) is 3.07. The molecule has 0 unspecified atom stereocenters.